The Morgan fingerprint density at radius 3 is 2.41 bits per heavy atom. The minimum absolute atomic E-state index is 0.00212. The fourth-order valence-corrected chi connectivity index (χ4v) is 3.74. The Balaban J connectivity index is 1.93. The minimum atomic E-state index is -4.62. The van der Waals surface area contributed by atoms with Gasteiger partial charge in [0.1, 0.15) is 5.25 Å². The minimum Gasteiger partial charge on any atom is -0.325 e. The number of amides is 1. The summed E-state index contributed by atoms with van der Waals surface area (Å²) in [6, 6.07) is 14.5. The van der Waals surface area contributed by atoms with E-state index < -0.39 is 17.3 Å². The molecule has 1 unspecified atom stereocenters. The van der Waals surface area contributed by atoms with Crippen LogP contribution in [0.4, 0.5) is 18.9 Å². The first kappa shape index (κ1) is 20.9. The van der Waals surface area contributed by atoms with Crippen molar-refractivity contribution in [1.29, 1.82) is 0 Å². The number of aromatic nitrogens is 3. The maximum atomic E-state index is 13.1. The van der Waals surface area contributed by atoms with Crippen LogP contribution in [-0.2, 0) is 18.0 Å². The number of nitrogens with zero attached hydrogens (tertiary/aromatic N) is 3. The Hall–Kier alpha value is -2.81. The topological polar surface area (TPSA) is 59.8 Å². The van der Waals surface area contributed by atoms with Gasteiger partial charge in [-0.2, -0.15) is 13.2 Å². The average molecular weight is 420 g/mol. The molecule has 1 aromatic heterocycles. The van der Waals surface area contributed by atoms with Gasteiger partial charge in [-0.25, -0.2) is 0 Å². The fourth-order valence-electron chi connectivity index (χ4n) is 2.74. The van der Waals surface area contributed by atoms with Gasteiger partial charge in [0.25, 0.3) is 0 Å². The van der Waals surface area contributed by atoms with Crippen molar-refractivity contribution in [3.8, 4) is 0 Å². The van der Waals surface area contributed by atoms with Gasteiger partial charge in [-0.15, -0.1) is 10.2 Å². The van der Waals surface area contributed by atoms with Crippen molar-refractivity contribution in [2.45, 2.75) is 30.4 Å². The molecule has 152 valence electrons. The molecule has 0 aliphatic heterocycles. The summed E-state index contributed by atoms with van der Waals surface area (Å²) >= 11 is 0.920. The van der Waals surface area contributed by atoms with E-state index in [1.165, 1.54) is 7.05 Å². The lowest BCUT2D eigenvalue weighted by Gasteiger charge is -2.18. The van der Waals surface area contributed by atoms with Crippen molar-refractivity contribution in [1.82, 2.24) is 14.8 Å². The number of nitrogens with one attached hydrogen (secondary N) is 1. The van der Waals surface area contributed by atoms with Crippen LogP contribution in [0.5, 0.6) is 0 Å². The molecule has 0 spiro atoms. The van der Waals surface area contributed by atoms with Crippen LogP contribution in [0.3, 0.4) is 0 Å². The summed E-state index contributed by atoms with van der Waals surface area (Å²) in [6.07, 6.45) is -4.62. The Kier molecular flexibility index (Phi) is 5.97. The number of hydrogen-bond acceptors (Lipinski definition) is 4. The number of benzene rings is 2. The van der Waals surface area contributed by atoms with Gasteiger partial charge in [0.15, 0.2) is 5.16 Å². The molecule has 0 radical (unpaired) electrons. The van der Waals surface area contributed by atoms with Crippen molar-refractivity contribution in [2.24, 2.45) is 7.05 Å². The first-order valence-corrected chi connectivity index (χ1v) is 9.61. The van der Waals surface area contributed by atoms with Crippen LogP contribution in [0, 0.1) is 13.8 Å². The van der Waals surface area contributed by atoms with Crippen molar-refractivity contribution < 1.29 is 18.0 Å². The van der Waals surface area contributed by atoms with Crippen LogP contribution in [0.2, 0.25) is 0 Å². The van der Waals surface area contributed by atoms with Crippen LogP contribution in [0.25, 0.3) is 0 Å². The highest BCUT2D eigenvalue weighted by molar-refractivity contribution is 8.00. The Labute approximate surface area is 170 Å². The Morgan fingerprint density at radius 1 is 1.10 bits per heavy atom. The van der Waals surface area contributed by atoms with Crippen LogP contribution in [0.1, 0.15) is 27.8 Å². The first-order valence-electron chi connectivity index (χ1n) is 8.73. The molecule has 1 N–H and O–H groups in total. The third-order valence-electron chi connectivity index (χ3n) is 4.30. The molecule has 1 heterocycles. The number of halogens is 3. The number of alkyl halides is 3. The van der Waals surface area contributed by atoms with Gasteiger partial charge in [-0.3, -0.25) is 4.79 Å². The molecule has 0 aliphatic carbocycles. The molecule has 0 aliphatic rings. The molecule has 2 aromatic carbocycles. The zero-order chi connectivity index (χ0) is 21.2. The lowest BCUT2D eigenvalue weighted by Crippen LogP contribution is -2.20. The molecule has 3 rings (SSSR count). The number of anilines is 1. The zero-order valence-corrected chi connectivity index (χ0v) is 16.8. The van der Waals surface area contributed by atoms with Crippen molar-refractivity contribution in [3.63, 3.8) is 0 Å². The van der Waals surface area contributed by atoms with E-state index >= 15 is 0 Å². The highest BCUT2D eigenvalue weighted by Gasteiger charge is 2.38. The van der Waals surface area contributed by atoms with E-state index in [0.29, 0.717) is 11.3 Å². The Bertz CT molecular complexity index is 1020. The lowest BCUT2D eigenvalue weighted by atomic mass is 10.1. The summed E-state index contributed by atoms with van der Waals surface area (Å²) in [4.78, 5) is 13.1. The molecule has 9 heteroatoms. The molecule has 0 saturated carbocycles. The number of carbonyl (C=O) groups excluding carboxylic acids is 1. The average Bonchev–Trinajstić information content (AvgIpc) is 3.04. The monoisotopic (exact) mass is 420 g/mol. The molecular formula is C20H19F3N4OS. The molecule has 0 fully saturated rings. The number of rotatable bonds is 5. The predicted molar refractivity (Wildman–Crippen MR) is 106 cm³/mol. The number of thioether (sulfide) groups is 1. The van der Waals surface area contributed by atoms with Gasteiger partial charge in [0.05, 0.1) is 0 Å². The summed E-state index contributed by atoms with van der Waals surface area (Å²) in [5.41, 5.74) is 3.18. The fraction of sp³-hybridized carbons (Fsp3) is 0.250. The molecule has 3 aromatic rings. The number of hydrogen-bond donors (Lipinski definition) is 1. The van der Waals surface area contributed by atoms with Gasteiger partial charge in [0, 0.05) is 12.7 Å². The van der Waals surface area contributed by atoms with E-state index in [2.05, 4.69) is 15.5 Å². The summed E-state index contributed by atoms with van der Waals surface area (Å²) in [5.74, 6) is -1.46. The van der Waals surface area contributed by atoms with Gasteiger partial charge in [0.2, 0.25) is 11.7 Å². The Morgan fingerprint density at radius 2 is 1.79 bits per heavy atom. The summed E-state index contributed by atoms with van der Waals surface area (Å²) in [6.45, 7) is 3.79. The molecular weight excluding hydrogens is 401 g/mol. The SMILES string of the molecule is Cc1ccc(C)c(NC(=O)C(Sc2nnc(C(F)(F)F)n2C)c2ccccc2)c1. The van der Waals surface area contributed by atoms with E-state index in [4.69, 9.17) is 0 Å². The van der Waals surface area contributed by atoms with Crippen LogP contribution < -0.4 is 5.32 Å². The zero-order valence-electron chi connectivity index (χ0n) is 16.0. The second kappa shape index (κ2) is 8.28. The van der Waals surface area contributed by atoms with Crippen LogP contribution in [0.15, 0.2) is 53.7 Å². The predicted octanol–water partition coefficient (Wildman–Crippen LogP) is 4.92. The van der Waals surface area contributed by atoms with Gasteiger partial charge in [-0.05, 0) is 36.6 Å². The van der Waals surface area contributed by atoms with Crippen LogP contribution >= 0.6 is 11.8 Å². The largest absolute Gasteiger partial charge is 0.451 e. The van der Waals surface area contributed by atoms with Gasteiger partial charge < -0.3 is 9.88 Å². The normalized spacial score (nSPS) is 12.6. The highest BCUT2D eigenvalue weighted by Crippen LogP contribution is 2.37. The quantitative estimate of drug-likeness (QED) is 0.595. The summed E-state index contributed by atoms with van der Waals surface area (Å²) < 4.78 is 40.0. The van der Waals surface area contributed by atoms with E-state index in [1.54, 1.807) is 30.3 Å². The van der Waals surface area contributed by atoms with Crippen molar-refractivity contribution in [3.05, 3.63) is 71.0 Å². The molecule has 29 heavy (non-hydrogen) atoms. The molecule has 1 atom stereocenters. The van der Waals surface area contributed by atoms with E-state index in [-0.39, 0.29) is 11.1 Å². The van der Waals surface area contributed by atoms with Crippen molar-refractivity contribution in [2.75, 3.05) is 5.32 Å². The van der Waals surface area contributed by atoms with Crippen LogP contribution in [-0.4, -0.2) is 20.7 Å². The standard InChI is InChI=1S/C20H19F3N4OS/c1-12-9-10-13(2)15(11-12)24-17(28)16(14-7-5-4-6-8-14)29-19-26-25-18(27(19)3)20(21,22)23/h4-11,16H,1-3H3,(H,24,28). The second-order valence-corrected chi connectivity index (χ2v) is 7.65. The molecule has 0 saturated heterocycles. The smallest absolute Gasteiger partial charge is 0.325 e. The summed E-state index contributed by atoms with van der Waals surface area (Å²) in [7, 11) is 1.23. The molecule has 0 bridgehead atoms. The molecule has 1 amide bonds. The van der Waals surface area contributed by atoms with Gasteiger partial charge in [-0.1, -0.05) is 54.2 Å². The van der Waals surface area contributed by atoms with Crippen molar-refractivity contribution >= 4 is 23.4 Å². The highest BCUT2D eigenvalue weighted by atomic mass is 32.2. The number of carbonyl (C=O) groups is 1. The third kappa shape index (κ3) is 4.79. The van der Waals surface area contributed by atoms with E-state index in [0.717, 1.165) is 27.5 Å². The molecule has 5 nitrogen and oxygen atoms in total. The first-order chi connectivity index (χ1) is 13.7. The maximum Gasteiger partial charge on any atom is 0.451 e. The number of aryl methyl sites for hydroxylation is 2. The van der Waals surface area contributed by atoms with E-state index in [1.807, 2.05) is 32.0 Å². The third-order valence-corrected chi connectivity index (χ3v) is 5.59. The summed E-state index contributed by atoms with van der Waals surface area (Å²) in [5, 5.41) is 8.97. The maximum absolute atomic E-state index is 13.1. The second-order valence-electron chi connectivity index (χ2n) is 6.58. The lowest BCUT2D eigenvalue weighted by molar-refractivity contribution is -0.147. The van der Waals surface area contributed by atoms with E-state index in [9.17, 15) is 18.0 Å². The van der Waals surface area contributed by atoms with Gasteiger partial charge >= 0.3 is 6.18 Å².